The molecule has 1 heterocycles. The van der Waals surface area contributed by atoms with Crippen molar-refractivity contribution in [2.75, 3.05) is 0 Å². The van der Waals surface area contributed by atoms with E-state index in [1.807, 2.05) is 30.3 Å². The molecule has 0 amide bonds. The molecule has 0 spiro atoms. The molecular weight excluding hydrogens is 226 g/mol. The lowest BCUT2D eigenvalue weighted by atomic mass is 10.0. The Labute approximate surface area is 97.3 Å². The lowest BCUT2D eigenvalue weighted by Crippen LogP contribution is -2.02. The molecule has 0 aliphatic heterocycles. The Balaban J connectivity index is 2.63. The highest BCUT2D eigenvalue weighted by Crippen LogP contribution is 2.25. The normalized spacial score (nSPS) is 10.1. The van der Waals surface area contributed by atoms with Gasteiger partial charge in [-0.2, -0.15) is 0 Å². The number of hydrogen-bond acceptors (Lipinski definition) is 2. The first-order valence-corrected chi connectivity index (χ1v) is 5.00. The van der Waals surface area contributed by atoms with Crippen LogP contribution in [0.3, 0.4) is 0 Å². The molecule has 1 N–H and O–H groups in total. The van der Waals surface area contributed by atoms with Crippen molar-refractivity contribution in [1.82, 2.24) is 4.98 Å². The summed E-state index contributed by atoms with van der Waals surface area (Å²) in [6.07, 6.45) is 1.33. The number of pyridine rings is 1. The molecule has 0 fully saturated rings. The van der Waals surface area contributed by atoms with Gasteiger partial charge in [0, 0.05) is 11.8 Å². The fourth-order valence-corrected chi connectivity index (χ4v) is 1.61. The standard InChI is InChI=1S/C12H8ClNO2/c13-9-6-10(8-4-2-1-3-5-8)11(12(15)16)14-7-9/h1-7H,(H,15,16). The number of rotatable bonds is 2. The summed E-state index contributed by atoms with van der Waals surface area (Å²) in [5.41, 5.74) is 1.33. The van der Waals surface area contributed by atoms with Gasteiger partial charge in [-0.1, -0.05) is 41.9 Å². The zero-order valence-corrected chi connectivity index (χ0v) is 8.98. The minimum absolute atomic E-state index is 0.00981. The Morgan fingerprint density at radius 3 is 2.56 bits per heavy atom. The van der Waals surface area contributed by atoms with Gasteiger partial charge >= 0.3 is 5.97 Å². The predicted molar refractivity (Wildman–Crippen MR) is 61.6 cm³/mol. The van der Waals surface area contributed by atoms with Gasteiger partial charge in [0.2, 0.25) is 0 Å². The number of aromatic carboxylic acids is 1. The van der Waals surface area contributed by atoms with Crippen LogP contribution in [0.15, 0.2) is 42.6 Å². The van der Waals surface area contributed by atoms with Crippen molar-refractivity contribution in [3.63, 3.8) is 0 Å². The third-order valence-electron chi connectivity index (χ3n) is 2.14. The minimum atomic E-state index is -1.06. The van der Waals surface area contributed by atoms with Crippen LogP contribution in [-0.2, 0) is 0 Å². The molecule has 0 saturated carbocycles. The molecule has 0 atom stereocenters. The van der Waals surface area contributed by atoms with Crippen LogP contribution in [0, 0.1) is 0 Å². The van der Waals surface area contributed by atoms with Crippen molar-refractivity contribution in [2.45, 2.75) is 0 Å². The highest BCUT2D eigenvalue weighted by Gasteiger charge is 2.13. The summed E-state index contributed by atoms with van der Waals surface area (Å²) in [4.78, 5) is 14.8. The molecule has 1 aromatic heterocycles. The second kappa shape index (κ2) is 4.33. The fourth-order valence-electron chi connectivity index (χ4n) is 1.45. The van der Waals surface area contributed by atoms with Gasteiger partial charge in [-0.25, -0.2) is 9.78 Å². The molecule has 4 heteroatoms. The predicted octanol–water partition coefficient (Wildman–Crippen LogP) is 3.10. The van der Waals surface area contributed by atoms with Gasteiger partial charge in [-0.3, -0.25) is 0 Å². The van der Waals surface area contributed by atoms with Gasteiger partial charge in [-0.05, 0) is 11.6 Å². The van der Waals surface area contributed by atoms with Gasteiger partial charge in [0.25, 0.3) is 0 Å². The lowest BCUT2D eigenvalue weighted by Gasteiger charge is -2.05. The van der Waals surface area contributed by atoms with Gasteiger partial charge in [0.05, 0.1) is 5.02 Å². The molecule has 1 aromatic carbocycles. The first-order chi connectivity index (χ1) is 7.68. The first kappa shape index (κ1) is 10.6. The number of carbonyl (C=O) groups is 1. The molecule has 0 saturated heterocycles. The summed E-state index contributed by atoms with van der Waals surface area (Å²) in [6, 6.07) is 10.8. The third kappa shape index (κ3) is 2.04. The number of halogens is 1. The zero-order valence-electron chi connectivity index (χ0n) is 8.22. The number of aromatic nitrogens is 1. The second-order valence-corrected chi connectivity index (χ2v) is 3.66. The zero-order chi connectivity index (χ0) is 11.5. The Morgan fingerprint density at radius 2 is 1.94 bits per heavy atom. The fraction of sp³-hybridized carbons (Fsp3) is 0. The second-order valence-electron chi connectivity index (χ2n) is 3.22. The monoisotopic (exact) mass is 233 g/mol. The Morgan fingerprint density at radius 1 is 1.25 bits per heavy atom. The Kier molecular flexibility index (Phi) is 2.88. The van der Waals surface area contributed by atoms with E-state index < -0.39 is 5.97 Å². The average Bonchev–Trinajstić information content (AvgIpc) is 2.29. The molecule has 0 aliphatic carbocycles. The van der Waals surface area contributed by atoms with E-state index in [4.69, 9.17) is 16.7 Å². The highest BCUT2D eigenvalue weighted by molar-refractivity contribution is 6.30. The largest absolute Gasteiger partial charge is 0.476 e. The quantitative estimate of drug-likeness (QED) is 0.867. The van der Waals surface area contributed by atoms with Gasteiger partial charge in [-0.15, -0.1) is 0 Å². The van der Waals surface area contributed by atoms with Crippen LogP contribution in [-0.4, -0.2) is 16.1 Å². The minimum Gasteiger partial charge on any atom is -0.476 e. The number of benzene rings is 1. The van der Waals surface area contributed by atoms with Crippen molar-refractivity contribution in [2.24, 2.45) is 0 Å². The summed E-state index contributed by atoms with van der Waals surface area (Å²) < 4.78 is 0. The van der Waals surface area contributed by atoms with E-state index in [0.717, 1.165) is 5.56 Å². The lowest BCUT2D eigenvalue weighted by molar-refractivity contribution is 0.0691. The molecule has 2 rings (SSSR count). The maximum absolute atomic E-state index is 11.0. The summed E-state index contributed by atoms with van der Waals surface area (Å²) in [6.45, 7) is 0. The third-order valence-corrected chi connectivity index (χ3v) is 2.35. The van der Waals surface area contributed by atoms with E-state index >= 15 is 0 Å². The van der Waals surface area contributed by atoms with Crippen molar-refractivity contribution >= 4 is 17.6 Å². The van der Waals surface area contributed by atoms with Gasteiger partial charge in [0.1, 0.15) is 0 Å². The van der Waals surface area contributed by atoms with E-state index in [1.54, 1.807) is 6.07 Å². The summed E-state index contributed by atoms with van der Waals surface area (Å²) in [5.74, 6) is -1.06. The smallest absolute Gasteiger partial charge is 0.355 e. The highest BCUT2D eigenvalue weighted by atomic mass is 35.5. The first-order valence-electron chi connectivity index (χ1n) is 4.63. The van der Waals surface area contributed by atoms with E-state index in [2.05, 4.69) is 4.98 Å². The van der Waals surface area contributed by atoms with E-state index in [1.165, 1.54) is 6.20 Å². The van der Waals surface area contributed by atoms with Crippen LogP contribution in [0.25, 0.3) is 11.1 Å². The van der Waals surface area contributed by atoms with Crippen LogP contribution in [0.4, 0.5) is 0 Å². The van der Waals surface area contributed by atoms with E-state index in [9.17, 15) is 4.79 Å². The van der Waals surface area contributed by atoms with Crippen molar-refractivity contribution in [1.29, 1.82) is 0 Å². The average molecular weight is 234 g/mol. The maximum atomic E-state index is 11.0. The molecule has 2 aromatic rings. The molecular formula is C12H8ClNO2. The topological polar surface area (TPSA) is 50.2 Å². The van der Waals surface area contributed by atoms with Crippen LogP contribution in [0.5, 0.6) is 0 Å². The van der Waals surface area contributed by atoms with Crippen molar-refractivity contribution in [3.8, 4) is 11.1 Å². The molecule has 0 unspecified atom stereocenters. The number of hydrogen-bond donors (Lipinski definition) is 1. The SMILES string of the molecule is O=C(O)c1ncc(Cl)cc1-c1ccccc1. The van der Waals surface area contributed by atoms with Gasteiger partial charge < -0.3 is 5.11 Å². The number of carboxylic acid groups (broad SMARTS) is 1. The van der Waals surface area contributed by atoms with Crippen LogP contribution >= 0.6 is 11.6 Å². The maximum Gasteiger partial charge on any atom is 0.355 e. The number of carboxylic acids is 1. The molecule has 16 heavy (non-hydrogen) atoms. The summed E-state index contributed by atoms with van der Waals surface area (Å²) in [7, 11) is 0. The summed E-state index contributed by atoms with van der Waals surface area (Å²) >= 11 is 5.82. The molecule has 0 radical (unpaired) electrons. The van der Waals surface area contributed by atoms with Crippen LogP contribution in [0.2, 0.25) is 5.02 Å². The summed E-state index contributed by atoms with van der Waals surface area (Å²) in [5, 5.41) is 9.43. The van der Waals surface area contributed by atoms with Crippen LogP contribution in [0.1, 0.15) is 10.5 Å². The van der Waals surface area contributed by atoms with E-state index in [0.29, 0.717) is 10.6 Å². The Bertz CT molecular complexity index is 526. The van der Waals surface area contributed by atoms with Crippen LogP contribution < -0.4 is 0 Å². The Hall–Kier alpha value is -1.87. The van der Waals surface area contributed by atoms with Gasteiger partial charge in [0.15, 0.2) is 5.69 Å². The number of nitrogens with zero attached hydrogens (tertiary/aromatic N) is 1. The molecule has 3 nitrogen and oxygen atoms in total. The molecule has 0 aliphatic rings. The van der Waals surface area contributed by atoms with Crippen molar-refractivity contribution < 1.29 is 9.90 Å². The molecule has 80 valence electrons. The molecule has 0 bridgehead atoms. The van der Waals surface area contributed by atoms with Crippen molar-refractivity contribution in [3.05, 3.63) is 53.3 Å². The van der Waals surface area contributed by atoms with E-state index in [-0.39, 0.29) is 5.69 Å².